The maximum atomic E-state index is 12.3. The molecule has 3 rings (SSSR count). The Kier molecular flexibility index (Phi) is 3.24. The van der Waals surface area contributed by atoms with E-state index in [2.05, 4.69) is 15.5 Å². The predicted molar refractivity (Wildman–Crippen MR) is 69.3 cm³/mol. The number of nitrogens with zero attached hydrogens (tertiary/aromatic N) is 5. The molecule has 2 heterocycles. The minimum atomic E-state index is -0.0410. The van der Waals surface area contributed by atoms with Gasteiger partial charge in [-0.3, -0.25) is 9.59 Å². The Morgan fingerprint density at radius 1 is 1.10 bits per heavy atom. The lowest BCUT2D eigenvalue weighted by Gasteiger charge is -2.26. The topological polar surface area (TPSA) is 81.0 Å². The largest absolute Gasteiger partial charge is 0.338 e. The zero-order chi connectivity index (χ0) is 13.9. The van der Waals surface area contributed by atoms with E-state index in [0.29, 0.717) is 31.5 Å². The van der Waals surface area contributed by atoms with Gasteiger partial charge in [-0.25, -0.2) is 4.68 Å². The van der Waals surface area contributed by atoms with Crippen LogP contribution in [0.5, 0.6) is 0 Å². The first-order valence-corrected chi connectivity index (χ1v) is 6.38. The van der Waals surface area contributed by atoms with E-state index < -0.39 is 0 Å². The quantitative estimate of drug-likeness (QED) is 0.793. The van der Waals surface area contributed by atoms with Crippen LogP contribution in [0, 0.1) is 0 Å². The minimum absolute atomic E-state index is 0.0410. The van der Waals surface area contributed by atoms with Crippen molar-refractivity contribution in [3.8, 4) is 5.69 Å². The molecule has 2 aromatic rings. The molecule has 0 aliphatic carbocycles. The van der Waals surface area contributed by atoms with Crippen LogP contribution in [0.1, 0.15) is 23.2 Å². The Hall–Kier alpha value is -2.57. The average molecular weight is 271 g/mol. The SMILES string of the molecule is O=C1CCN(C(=O)c2ccc(-n3cnnn3)cc2)CC1. The van der Waals surface area contributed by atoms with Gasteiger partial charge in [0.2, 0.25) is 0 Å². The van der Waals surface area contributed by atoms with Crippen LogP contribution in [-0.2, 0) is 4.79 Å². The van der Waals surface area contributed by atoms with Gasteiger partial charge in [0.25, 0.3) is 5.91 Å². The number of amides is 1. The van der Waals surface area contributed by atoms with E-state index in [4.69, 9.17) is 0 Å². The maximum absolute atomic E-state index is 12.3. The summed E-state index contributed by atoms with van der Waals surface area (Å²) < 4.78 is 1.52. The second kappa shape index (κ2) is 5.20. The molecule has 0 unspecified atom stereocenters. The van der Waals surface area contributed by atoms with E-state index in [1.54, 1.807) is 29.2 Å². The highest BCUT2D eigenvalue weighted by Gasteiger charge is 2.21. The first kappa shape index (κ1) is 12.5. The average Bonchev–Trinajstić information content (AvgIpc) is 3.02. The van der Waals surface area contributed by atoms with E-state index in [1.807, 2.05) is 0 Å². The Morgan fingerprint density at radius 2 is 1.80 bits per heavy atom. The third-order valence-corrected chi connectivity index (χ3v) is 3.34. The number of ketones is 1. The normalized spacial score (nSPS) is 15.4. The summed E-state index contributed by atoms with van der Waals surface area (Å²) in [5.74, 6) is 0.184. The van der Waals surface area contributed by atoms with E-state index in [1.165, 1.54) is 11.0 Å². The fourth-order valence-electron chi connectivity index (χ4n) is 2.18. The van der Waals surface area contributed by atoms with Crippen LogP contribution >= 0.6 is 0 Å². The number of Topliss-reactive ketones (excluding diaryl/α,β-unsaturated/α-hetero) is 1. The third kappa shape index (κ3) is 2.42. The van der Waals surface area contributed by atoms with E-state index in [9.17, 15) is 9.59 Å². The van der Waals surface area contributed by atoms with E-state index in [0.717, 1.165) is 5.69 Å². The zero-order valence-electron chi connectivity index (χ0n) is 10.8. The highest BCUT2D eigenvalue weighted by molar-refractivity contribution is 5.95. The van der Waals surface area contributed by atoms with Crippen LogP contribution in [-0.4, -0.2) is 49.9 Å². The number of carbonyl (C=O) groups is 2. The lowest BCUT2D eigenvalue weighted by Crippen LogP contribution is -2.38. The number of hydrogen-bond acceptors (Lipinski definition) is 5. The molecule has 0 atom stereocenters. The number of likely N-dealkylation sites (tertiary alicyclic amines) is 1. The molecule has 0 radical (unpaired) electrons. The first-order chi connectivity index (χ1) is 9.74. The smallest absolute Gasteiger partial charge is 0.253 e. The van der Waals surface area contributed by atoms with Crippen molar-refractivity contribution >= 4 is 11.7 Å². The number of carbonyl (C=O) groups excluding carboxylic acids is 2. The number of tetrazole rings is 1. The highest BCUT2D eigenvalue weighted by Crippen LogP contribution is 2.13. The summed E-state index contributed by atoms with van der Waals surface area (Å²) in [5.41, 5.74) is 1.40. The molecule has 7 heteroatoms. The Labute approximate surface area is 115 Å². The van der Waals surface area contributed by atoms with Crippen LogP contribution < -0.4 is 0 Å². The molecular weight excluding hydrogens is 258 g/mol. The minimum Gasteiger partial charge on any atom is -0.338 e. The Bertz CT molecular complexity index is 611. The molecule has 1 aromatic heterocycles. The van der Waals surface area contributed by atoms with Gasteiger partial charge in [0.1, 0.15) is 12.1 Å². The number of hydrogen-bond donors (Lipinski definition) is 0. The van der Waals surface area contributed by atoms with Crippen molar-refractivity contribution in [3.63, 3.8) is 0 Å². The van der Waals surface area contributed by atoms with Crippen molar-refractivity contribution < 1.29 is 9.59 Å². The van der Waals surface area contributed by atoms with Crippen LogP contribution in [0.15, 0.2) is 30.6 Å². The standard InChI is InChI=1S/C13H13N5O2/c19-12-5-7-17(8-6-12)13(20)10-1-3-11(4-2-10)18-9-14-15-16-18/h1-4,9H,5-8H2. The molecule has 1 saturated heterocycles. The van der Waals surface area contributed by atoms with Gasteiger partial charge in [0.05, 0.1) is 5.69 Å². The summed E-state index contributed by atoms with van der Waals surface area (Å²) in [6.07, 6.45) is 2.40. The molecule has 1 aliphatic rings. The molecule has 102 valence electrons. The monoisotopic (exact) mass is 271 g/mol. The van der Waals surface area contributed by atoms with Crippen molar-refractivity contribution in [3.05, 3.63) is 36.2 Å². The summed E-state index contributed by atoms with van der Waals surface area (Å²) in [6.45, 7) is 1.01. The van der Waals surface area contributed by atoms with Crippen molar-refractivity contribution in [1.82, 2.24) is 25.1 Å². The number of aromatic nitrogens is 4. The predicted octanol–water partition coefficient (Wildman–Crippen LogP) is 0.467. The molecule has 1 aromatic carbocycles. The van der Waals surface area contributed by atoms with Crippen LogP contribution in [0.3, 0.4) is 0 Å². The summed E-state index contributed by atoms with van der Waals surface area (Å²) in [6, 6.07) is 7.07. The maximum Gasteiger partial charge on any atom is 0.253 e. The highest BCUT2D eigenvalue weighted by atomic mass is 16.2. The van der Waals surface area contributed by atoms with Gasteiger partial charge >= 0.3 is 0 Å². The second-order valence-corrected chi connectivity index (χ2v) is 4.63. The first-order valence-electron chi connectivity index (χ1n) is 6.38. The number of rotatable bonds is 2. The molecule has 0 spiro atoms. The van der Waals surface area contributed by atoms with E-state index >= 15 is 0 Å². The summed E-state index contributed by atoms with van der Waals surface area (Å²) in [5, 5.41) is 10.9. The Balaban J connectivity index is 1.74. The second-order valence-electron chi connectivity index (χ2n) is 4.63. The van der Waals surface area contributed by atoms with Gasteiger partial charge in [-0.15, -0.1) is 5.10 Å². The summed E-state index contributed by atoms with van der Waals surface area (Å²) in [4.78, 5) is 25.2. The van der Waals surface area contributed by atoms with Gasteiger partial charge in [-0.05, 0) is 34.7 Å². The fraction of sp³-hybridized carbons (Fsp3) is 0.308. The van der Waals surface area contributed by atoms with Crippen LogP contribution in [0.4, 0.5) is 0 Å². The molecule has 7 nitrogen and oxygen atoms in total. The zero-order valence-corrected chi connectivity index (χ0v) is 10.8. The van der Waals surface area contributed by atoms with Crippen molar-refractivity contribution in [2.24, 2.45) is 0 Å². The molecule has 1 aliphatic heterocycles. The third-order valence-electron chi connectivity index (χ3n) is 3.34. The molecular formula is C13H13N5O2. The lowest BCUT2D eigenvalue weighted by molar-refractivity contribution is -0.120. The van der Waals surface area contributed by atoms with Crippen molar-refractivity contribution in [2.45, 2.75) is 12.8 Å². The fourth-order valence-corrected chi connectivity index (χ4v) is 2.18. The van der Waals surface area contributed by atoms with Crippen LogP contribution in [0.25, 0.3) is 5.69 Å². The molecule has 0 bridgehead atoms. The van der Waals surface area contributed by atoms with Gasteiger partial charge in [-0.1, -0.05) is 0 Å². The van der Waals surface area contributed by atoms with Gasteiger partial charge in [-0.2, -0.15) is 0 Å². The molecule has 1 fully saturated rings. The van der Waals surface area contributed by atoms with Gasteiger partial charge in [0.15, 0.2) is 0 Å². The molecule has 0 saturated carbocycles. The molecule has 1 amide bonds. The number of benzene rings is 1. The lowest BCUT2D eigenvalue weighted by atomic mass is 10.1. The van der Waals surface area contributed by atoms with Crippen LogP contribution in [0.2, 0.25) is 0 Å². The Morgan fingerprint density at radius 3 is 2.40 bits per heavy atom. The molecule has 0 N–H and O–H groups in total. The van der Waals surface area contributed by atoms with Crippen molar-refractivity contribution in [2.75, 3.05) is 13.1 Å². The van der Waals surface area contributed by atoms with E-state index in [-0.39, 0.29) is 11.7 Å². The number of piperidine rings is 1. The van der Waals surface area contributed by atoms with Gasteiger partial charge in [0, 0.05) is 31.5 Å². The summed E-state index contributed by atoms with van der Waals surface area (Å²) >= 11 is 0. The molecule has 20 heavy (non-hydrogen) atoms. The summed E-state index contributed by atoms with van der Waals surface area (Å²) in [7, 11) is 0. The van der Waals surface area contributed by atoms with Gasteiger partial charge < -0.3 is 4.90 Å². The van der Waals surface area contributed by atoms with Crippen molar-refractivity contribution in [1.29, 1.82) is 0 Å².